The van der Waals surface area contributed by atoms with Crippen molar-refractivity contribution in [3.05, 3.63) is 360 Å². The van der Waals surface area contributed by atoms with Gasteiger partial charge in [0.15, 0.2) is 0 Å². The van der Waals surface area contributed by atoms with Gasteiger partial charge < -0.3 is 19.8 Å². The molecule has 30 heteroatoms. The van der Waals surface area contributed by atoms with Crippen molar-refractivity contribution in [3.8, 4) is 22.8 Å². The molecule has 0 bridgehead atoms. The highest BCUT2D eigenvalue weighted by Gasteiger charge is 2.36. The van der Waals surface area contributed by atoms with E-state index < -0.39 is 75.1 Å². The number of benzene rings is 9. The van der Waals surface area contributed by atoms with Crippen LogP contribution in [0.2, 0.25) is 15.1 Å². The van der Waals surface area contributed by atoms with Gasteiger partial charge in [0, 0.05) is 150 Å². The summed E-state index contributed by atoms with van der Waals surface area (Å²) in [6, 6.07) is 51.5. The molecule has 19 nitrogen and oxygen atoms in total. The Morgan fingerprint density at radius 1 is 0.349 bits per heavy atom. The van der Waals surface area contributed by atoms with Gasteiger partial charge in [-0.05, 0) is 235 Å². The van der Waals surface area contributed by atoms with Gasteiger partial charge in [0.25, 0.3) is 34.4 Å². The fraction of sp³-hybridized carbons (Fsp3) is 0.312. The molecule has 3 amide bonds. The molecule has 1 N–H and O–H groups in total. The molecular weight excluding hydrogens is 1690 g/mol. The van der Waals surface area contributed by atoms with Crippen LogP contribution in [0.15, 0.2) is 215 Å². The number of phenolic OH excluding ortho intramolecular Hbond substituents is 1. The van der Waals surface area contributed by atoms with Crippen LogP contribution in [0, 0.1) is 67.3 Å². The lowest BCUT2D eigenvalue weighted by atomic mass is 10.00. The van der Waals surface area contributed by atoms with Gasteiger partial charge in [0.2, 0.25) is 0 Å². The van der Waals surface area contributed by atoms with Gasteiger partial charge in [-0.25, -0.2) is 49.2 Å². The van der Waals surface area contributed by atoms with Crippen LogP contribution >= 0.6 is 34.8 Å². The molecule has 660 valence electrons. The number of phenols is 1. The number of carbonyl (C=O) groups is 3. The molecule has 0 aliphatic carbocycles. The first kappa shape index (κ1) is 92.1. The minimum absolute atomic E-state index is 0.0217. The molecule has 6 heterocycles. The molecule has 0 saturated carbocycles. The van der Waals surface area contributed by atoms with Crippen molar-refractivity contribution in [2.45, 2.75) is 116 Å². The molecule has 3 fully saturated rings. The molecule has 15 rings (SSSR count). The molecule has 3 saturated heterocycles. The smallest absolute Gasteiger partial charge is 0.276 e. The van der Waals surface area contributed by atoms with Crippen molar-refractivity contribution >= 4 is 52.5 Å². The maximum Gasteiger partial charge on any atom is 0.276 e. The number of hydrogen-bond donors (Lipinski definition) is 1. The zero-order valence-corrected chi connectivity index (χ0v) is 72.8. The normalized spacial score (nSPS) is 14.1. The van der Waals surface area contributed by atoms with Crippen molar-refractivity contribution in [2.75, 3.05) is 58.9 Å². The Bertz CT molecular complexity index is 5750. The third kappa shape index (κ3) is 21.4. The van der Waals surface area contributed by atoms with Gasteiger partial charge in [-0.2, -0.15) is 0 Å². The van der Waals surface area contributed by atoms with E-state index in [9.17, 15) is 69.0 Å². The largest absolute Gasteiger partial charge is 0.508 e. The van der Waals surface area contributed by atoms with Gasteiger partial charge in [0.05, 0.1) is 33.8 Å². The number of aromatic nitrogens is 6. The summed E-state index contributed by atoms with van der Waals surface area (Å²) < 4.78 is 123. The maximum atomic E-state index is 14.3. The van der Waals surface area contributed by atoms with E-state index in [2.05, 4.69) is 14.7 Å². The Balaban J connectivity index is 0.000000162. The van der Waals surface area contributed by atoms with E-state index in [1.165, 1.54) is 66.5 Å². The minimum Gasteiger partial charge on any atom is -0.508 e. The van der Waals surface area contributed by atoms with Crippen LogP contribution in [-0.2, 0) is 60.0 Å². The van der Waals surface area contributed by atoms with Crippen LogP contribution in [0.3, 0.4) is 0 Å². The summed E-state index contributed by atoms with van der Waals surface area (Å²) in [5, 5.41) is 11.7. The molecule has 3 aromatic heterocycles. The maximum absolute atomic E-state index is 14.3. The standard InChI is InChI=1S/2C32H32ClF3N4O2.C32H33ClF2N4O3/c1-21-27(31(41)40(37(21)2)26-6-3-5-24(34)19-26)20-39(16-13-22-9-11-23(33)12-10-22)25-14-17-38(18-15-25)32(42)30-28(35)7-4-8-29(30)36;1-21-27(31(41)40(37(21)2)26-12-10-24(34)11-13-26)20-39(17-14-22-6-8-23(33)9-7-22)25-15-18-38(19-16-25)32(42)30-28(35)4-3-5-29(30)36;1-21-27(31(41)39(36(21)2)25-10-12-26(40)13-11-25)20-38(17-14-22-6-8-23(33)9-7-22)24-15-18-37(19-16-24)32(42)30-28(34)4-3-5-29(30)35/h3-12,19,25H,13-18,20H2,1-2H3;3-13,25H,14-20H2,1-2H3;3-13,24,40H,14-20H2,1-2H3. The van der Waals surface area contributed by atoms with Crippen LogP contribution in [0.4, 0.5) is 35.1 Å². The van der Waals surface area contributed by atoms with Gasteiger partial charge in [-0.1, -0.05) is 95.5 Å². The van der Waals surface area contributed by atoms with Crippen LogP contribution in [0.5, 0.6) is 5.75 Å². The topological polar surface area (TPSA) is 172 Å². The lowest BCUT2D eigenvalue weighted by Gasteiger charge is -2.38. The highest BCUT2D eigenvalue weighted by Crippen LogP contribution is 2.31. The quantitative estimate of drug-likeness (QED) is 0.0574. The van der Waals surface area contributed by atoms with E-state index in [4.69, 9.17) is 34.8 Å². The minimum atomic E-state index is -0.874. The molecule has 12 aromatic rings. The van der Waals surface area contributed by atoms with Crippen molar-refractivity contribution in [1.82, 2.24) is 57.5 Å². The molecule has 3 aliphatic rings. The van der Waals surface area contributed by atoms with Crippen LogP contribution in [-0.4, -0.2) is 157 Å². The van der Waals surface area contributed by atoms with E-state index in [0.29, 0.717) is 172 Å². The fourth-order valence-corrected chi connectivity index (χ4v) is 17.3. The number of nitrogens with zero attached hydrogens (tertiary/aromatic N) is 12. The fourth-order valence-electron chi connectivity index (χ4n) is 16.9. The zero-order chi connectivity index (χ0) is 89.9. The lowest BCUT2D eigenvalue weighted by Crippen LogP contribution is -2.47. The Morgan fingerprint density at radius 3 is 0.889 bits per heavy atom. The predicted molar refractivity (Wildman–Crippen MR) is 471 cm³/mol. The van der Waals surface area contributed by atoms with E-state index in [-0.39, 0.29) is 46.4 Å². The number of carbonyl (C=O) groups excluding carboxylic acids is 3. The van der Waals surface area contributed by atoms with Crippen LogP contribution < -0.4 is 16.7 Å². The summed E-state index contributed by atoms with van der Waals surface area (Å²) in [5.74, 6) is -7.87. The second-order valence-electron chi connectivity index (χ2n) is 32.0. The predicted octanol–water partition coefficient (Wildman–Crippen LogP) is 17.3. The van der Waals surface area contributed by atoms with Crippen molar-refractivity contribution in [2.24, 2.45) is 21.1 Å². The second kappa shape index (κ2) is 41.2. The Hall–Kier alpha value is -11.6. The SMILES string of the molecule is Cc1c(CN(CCc2ccc(Cl)cc2)C2CCN(C(=O)c3c(F)cccc3F)CC2)c(=O)n(-c2ccc(F)cc2)n1C.Cc1c(CN(CCc2ccc(Cl)cc2)C2CCN(C(=O)c3c(F)cccc3F)CC2)c(=O)n(-c2ccc(O)cc2)n1C.Cc1c(CN(CCc2ccc(Cl)cc2)C2CCN(C(=O)c3c(F)cccc3F)CC2)c(=O)n(-c2cccc(F)c2)n1C. The summed E-state index contributed by atoms with van der Waals surface area (Å²) >= 11 is 18.2. The Kier molecular flexibility index (Phi) is 30.1. The highest BCUT2D eigenvalue weighted by molar-refractivity contribution is 6.31. The van der Waals surface area contributed by atoms with Gasteiger partial charge in [0.1, 0.15) is 69.0 Å². The van der Waals surface area contributed by atoms with Gasteiger partial charge in [-0.15, -0.1) is 0 Å². The number of halogens is 11. The van der Waals surface area contributed by atoms with Gasteiger partial charge in [-0.3, -0.25) is 57.5 Å². The Labute approximate surface area is 739 Å². The highest BCUT2D eigenvalue weighted by atomic mass is 35.5. The van der Waals surface area contributed by atoms with E-state index in [1.807, 2.05) is 105 Å². The van der Waals surface area contributed by atoms with E-state index >= 15 is 0 Å². The van der Waals surface area contributed by atoms with E-state index in [1.54, 1.807) is 76.7 Å². The molecule has 9 aromatic carbocycles. The molecule has 3 aliphatic heterocycles. The first-order valence-electron chi connectivity index (χ1n) is 41.7. The zero-order valence-electron chi connectivity index (χ0n) is 70.6. The monoisotopic (exact) mass is 1790 g/mol. The number of rotatable bonds is 24. The van der Waals surface area contributed by atoms with Crippen molar-refractivity contribution in [3.63, 3.8) is 0 Å². The van der Waals surface area contributed by atoms with Gasteiger partial charge >= 0.3 is 0 Å². The average molecular weight is 1790 g/mol. The third-order valence-electron chi connectivity index (χ3n) is 24.5. The number of aromatic hydroxyl groups is 1. The van der Waals surface area contributed by atoms with Crippen LogP contribution in [0.1, 0.15) is 120 Å². The average Bonchev–Trinajstić information content (AvgIpc) is 1.63. The van der Waals surface area contributed by atoms with Crippen molar-refractivity contribution < 1.29 is 54.6 Å². The summed E-state index contributed by atoms with van der Waals surface area (Å²) in [7, 11) is 5.40. The first-order chi connectivity index (χ1) is 60.4. The first-order valence-corrected chi connectivity index (χ1v) is 42.8. The lowest BCUT2D eigenvalue weighted by molar-refractivity contribution is 0.0592. The number of piperidine rings is 3. The Morgan fingerprint density at radius 2 is 0.611 bits per heavy atom. The molecule has 0 atom stereocenters. The molecule has 0 unspecified atom stereocenters. The molecule has 0 radical (unpaired) electrons. The van der Waals surface area contributed by atoms with Crippen molar-refractivity contribution in [1.29, 1.82) is 0 Å². The summed E-state index contributed by atoms with van der Waals surface area (Å²) in [6.45, 7) is 10.8. The number of hydrogen-bond acceptors (Lipinski definition) is 10. The molecular formula is C96H97Cl3F8N12O7. The summed E-state index contributed by atoms with van der Waals surface area (Å²) in [6.07, 6.45) is 5.67. The van der Waals surface area contributed by atoms with Crippen LogP contribution in [0.25, 0.3) is 17.1 Å². The van der Waals surface area contributed by atoms with E-state index in [0.717, 1.165) is 83.0 Å². The number of likely N-dealkylation sites (tertiary alicyclic amines) is 3. The molecule has 126 heavy (non-hydrogen) atoms. The summed E-state index contributed by atoms with van der Waals surface area (Å²) in [5.41, 5.74) is 7.11. The number of amides is 3. The second-order valence-corrected chi connectivity index (χ2v) is 33.3. The summed E-state index contributed by atoms with van der Waals surface area (Å²) in [4.78, 5) is 91.2. The molecule has 0 spiro atoms. The third-order valence-corrected chi connectivity index (χ3v) is 25.2.